The molecule has 2 rings (SSSR count). The van der Waals surface area contributed by atoms with Crippen LogP contribution in [0.15, 0.2) is 48.0 Å². The van der Waals surface area contributed by atoms with Gasteiger partial charge in [0.2, 0.25) is 0 Å². The molecule has 1 amide bonds. The van der Waals surface area contributed by atoms with E-state index in [0.717, 1.165) is 35.0 Å². The van der Waals surface area contributed by atoms with Gasteiger partial charge < -0.3 is 4.74 Å². The summed E-state index contributed by atoms with van der Waals surface area (Å²) in [5.41, 5.74) is 1.49. The van der Waals surface area contributed by atoms with E-state index in [0.29, 0.717) is 6.54 Å². The Kier molecular flexibility index (Phi) is 5.59. The Morgan fingerprint density at radius 2 is 1.96 bits per heavy atom. The van der Waals surface area contributed by atoms with Gasteiger partial charge in [0, 0.05) is 16.4 Å². The standard InChI is InChI=1S/C20H26BrNO2/c1-6-10-20(11-7-2)12-13-22(18(23)24-19(3,4)5)17-9-8-15(21)14-16(17)20/h6-9,14H,1-2,10-13H2,3-5H3. The fourth-order valence-corrected chi connectivity index (χ4v) is 3.68. The van der Waals surface area contributed by atoms with Crippen LogP contribution in [-0.4, -0.2) is 18.2 Å². The van der Waals surface area contributed by atoms with Crippen molar-refractivity contribution in [3.8, 4) is 0 Å². The van der Waals surface area contributed by atoms with Crippen LogP contribution in [0, 0.1) is 0 Å². The van der Waals surface area contributed by atoms with Crippen molar-refractivity contribution in [3.63, 3.8) is 0 Å². The van der Waals surface area contributed by atoms with Crippen molar-refractivity contribution in [1.82, 2.24) is 0 Å². The van der Waals surface area contributed by atoms with Gasteiger partial charge >= 0.3 is 6.09 Å². The molecule has 1 aliphatic rings. The maximum absolute atomic E-state index is 12.6. The molecule has 1 heterocycles. The smallest absolute Gasteiger partial charge is 0.414 e. The van der Waals surface area contributed by atoms with Crippen LogP contribution in [0.3, 0.4) is 0 Å². The summed E-state index contributed by atoms with van der Waals surface area (Å²) >= 11 is 3.56. The molecule has 0 unspecified atom stereocenters. The lowest BCUT2D eigenvalue weighted by atomic mass is 9.69. The molecule has 4 heteroatoms. The van der Waals surface area contributed by atoms with Gasteiger partial charge in [0.15, 0.2) is 0 Å². The Balaban J connectivity index is 2.49. The summed E-state index contributed by atoms with van der Waals surface area (Å²) in [7, 11) is 0. The predicted octanol–water partition coefficient (Wildman–Crippen LogP) is 5.98. The van der Waals surface area contributed by atoms with Crippen molar-refractivity contribution in [2.24, 2.45) is 0 Å². The van der Waals surface area contributed by atoms with E-state index in [1.807, 2.05) is 45.1 Å². The van der Waals surface area contributed by atoms with E-state index in [1.54, 1.807) is 4.90 Å². The summed E-state index contributed by atoms with van der Waals surface area (Å²) in [4.78, 5) is 14.4. The Labute approximate surface area is 153 Å². The highest BCUT2D eigenvalue weighted by atomic mass is 79.9. The van der Waals surface area contributed by atoms with Gasteiger partial charge in [-0.1, -0.05) is 28.1 Å². The molecule has 1 aromatic carbocycles. The quantitative estimate of drug-likeness (QED) is 0.590. The molecule has 3 nitrogen and oxygen atoms in total. The highest BCUT2D eigenvalue weighted by Crippen LogP contribution is 2.46. The van der Waals surface area contributed by atoms with Crippen LogP contribution >= 0.6 is 15.9 Å². The van der Waals surface area contributed by atoms with Crippen LogP contribution in [0.25, 0.3) is 0 Å². The van der Waals surface area contributed by atoms with Crippen molar-refractivity contribution in [1.29, 1.82) is 0 Å². The lowest BCUT2D eigenvalue weighted by Gasteiger charge is -2.43. The Morgan fingerprint density at radius 1 is 1.33 bits per heavy atom. The van der Waals surface area contributed by atoms with E-state index in [9.17, 15) is 4.79 Å². The van der Waals surface area contributed by atoms with Gasteiger partial charge in [-0.05, 0) is 63.8 Å². The molecule has 0 bridgehead atoms. The number of ether oxygens (including phenoxy) is 1. The predicted molar refractivity (Wildman–Crippen MR) is 104 cm³/mol. The topological polar surface area (TPSA) is 29.5 Å². The SMILES string of the molecule is C=CCC1(CC=C)CCN(C(=O)OC(C)(C)C)c2ccc(Br)cc21. The van der Waals surface area contributed by atoms with Gasteiger partial charge in [-0.2, -0.15) is 0 Å². The first-order valence-corrected chi connectivity index (χ1v) is 9.04. The van der Waals surface area contributed by atoms with Gasteiger partial charge in [-0.25, -0.2) is 4.79 Å². The second kappa shape index (κ2) is 7.14. The molecule has 0 radical (unpaired) electrons. The molecule has 0 fully saturated rings. The Morgan fingerprint density at radius 3 is 2.50 bits per heavy atom. The number of nitrogens with zero attached hydrogens (tertiary/aromatic N) is 1. The van der Waals surface area contributed by atoms with Crippen LogP contribution in [-0.2, 0) is 10.2 Å². The van der Waals surface area contributed by atoms with Gasteiger partial charge in [-0.15, -0.1) is 13.2 Å². The first-order valence-electron chi connectivity index (χ1n) is 8.25. The highest BCUT2D eigenvalue weighted by Gasteiger charge is 2.40. The van der Waals surface area contributed by atoms with Crippen molar-refractivity contribution in [2.75, 3.05) is 11.4 Å². The van der Waals surface area contributed by atoms with Crippen molar-refractivity contribution >= 4 is 27.7 Å². The van der Waals surface area contributed by atoms with Crippen LogP contribution in [0.2, 0.25) is 0 Å². The number of rotatable bonds is 4. The number of anilines is 1. The van der Waals surface area contributed by atoms with Crippen LogP contribution in [0.4, 0.5) is 10.5 Å². The summed E-state index contributed by atoms with van der Waals surface area (Å²) in [5, 5.41) is 0. The van der Waals surface area contributed by atoms with Gasteiger partial charge in [-0.3, -0.25) is 4.90 Å². The second-order valence-corrected chi connectivity index (χ2v) is 8.23. The largest absolute Gasteiger partial charge is 0.443 e. The van der Waals surface area contributed by atoms with E-state index in [-0.39, 0.29) is 11.5 Å². The fraction of sp³-hybridized carbons (Fsp3) is 0.450. The zero-order chi connectivity index (χ0) is 18.0. The molecule has 0 aliphatic carbocycles. The number of carbonyl (C=O) groups excluding carboxylic acids is 1. The van der Waals surface area contributed by atoms with Crippen molar-refractivity contribution < 1.29 is 9.53 Å². The fourth-order valence-electron chi connectivity index (χ4n) is 3.32. The highest BCUT2D eigenvalue weighted by molar-refractivity contribution is 9.10. The van der Waals surface area contributed by atoms with Gasteiger partial charge in [0.25, 0.3) is 0 Å². The molecule has 130 valence electrons. The molecule has 0 spiro atoms. The summed E-state index contributed by atoms with van der Waals surface area (Å²) in [6.07, 6.45) is 6.18. The molecule has 1 aliphatic heterocycles. The average Bonchev–Trinajstić information content (AvgIpc) is 2.47. The second-order valence-electron chi connectivity index (χ2n) is 7.31. The number of halogens is 1. The molecule has 0 N–H and O–H groups in total. The third kappa shape index (κ3) is 3.92. The summed E-state index contributed by atoms with van der Waals surface area (Å²) in [6, 6.07) is 6.07. The van der Waals surface area contributed by atoms with E-state index in [2.05, 4.69) is 35.2 Å². The van der Waals surface area contributed by atoms with Crippen LogP contribution in [0.1, 0.15) is 45.6 Å². The number of carbonyl (C=O) groups is 1. The Hall–Kier alpha value is -1.55. The first-order chi connectivity index (χ1) is 11.2. The minimum atomic E-state index is -0.511. The molecular formula is C20H26BrNO2. The normalized spacial score (nSPS) is 16.2. The maximum Gasteiger partial charge on any atom is 0.414 e. The molecular weight excluding hydrogens is 366 g/mol. The molecule has 0 saturated carbocycles. The van der Waals surface area contributed by atoms with Gasteiger partial charge in [0.1, 0.15) is 5.60 Å². The zero-order valence-electron chi connectivity index (χ0n) is 14.8. The maximum atomic E-state index is 12.6. The van der Waals surface area contributed by atoms with Crippen molar-refractivity contribution in [2.45, 2.75) is 51.0 Å². The minimum absolute atomic E-state index is 0.0683. The summed E-state index contributed by atoms with van der Waals surface area (Å²) < 4.78 is 6.59. The van der Waals surface area contributed by atoms with E-state index < -0.39 is 5.60 Å². The number of allylic oxidation sites excluding steroid dienone is 2. The number of hydrogen-bond donors (Lipinski definition) is 0. The number of hydrogen-bond acceptors (Lipinski definition) is 2. The van der Waals surface area contributed by atoms with Crippen molar-refractivity contribution in [3.05, 3.63) is 53.5 Å². The number of benzene rings is 1. The molecule has 1 aromatic rings. The summed E-state index contributed by atoms with van der Waals surface area (Å²) in [5.74, 6) is 0. The molecule has 24 heavy (non-hydrogen) atoms. The lowest BCUT2D eigenvalue weighted by molar-refractivity contribution is 0.0573. The summed E-state index contributed by atoms with van der Waals surface area (Å²) in [6.45, 7) is 14.1. The van der Waals surface area contributed by atoms with E-state index >= 15 is 0 Å². The van der Waals surface area contributed by atoms with E-state index in [1.165, 1.54) is 0 Å². The minimum Gasteiger partial charge on any atom is -0.443 e. The third-order valence-corrected chi connectivity index (χ3v) is 4.81. The first kappa shape index (κ1) is 18.8. The average molecular weight is 392 g/mol. The van der Waals surface area contributed by atoms with Crippen LogP contribution in [0.5, 0.6) is 0 Å². The monoisotopic (exact) mass is 391 g/mol. The lowest BCUT2D eigenvalue weighted by Crippen LogP contribution is -2.45. The Bertz CT molecular complexity index is 636. The zero-order valence-corrected chi connectivity index (χ0v) is 16.4. The molecule has 0 saturated heterocycles. The third-order valence-electron chi connectivity index (χ3n) is 4.32. The van der Waals surface area contributed by atoms with Crippen LogP contribution < -0.4 is 4.90 Å². The van der Waals surface area contributed by atoms with Gasteiger partial charge in [0.05, 0.1) is 5.69 Å². The molecule has 0 atom stereocenters. The van der Waals surface area contributed by atoms with E-state index in [4.69, 9.17) is 4.74 Å². The molecule has 0 aromatic heterocycles. The number of amides is 1. The number of fused-ring (bicyclic) bond motifs is 1.